The quantitative estimate of drug-likeness (QED) is 0.588. The van der Waals surface area contributed by atoms with E-state index in [9.17, 15) is 19.5 Å². The van der Waals surface area contributed by atoms with Crippen molar-refractivity contribution in [2.75, 3.05) is 7.11 Å². The minimum absolute atomic E-state index is 0.135. The van der Waals surface area contributed by atoms with Crippen LogP contribution in [0.15, 0.2) is 71.5 Å². The highest BCUT2D eigenvalue weighted by molar-refractivity contribution is 5.83. The van der Waals surface area contributed by atoms with Gasteiger partial charge in [-0.2, -0.15) is 5.10 Å². The summed E-state index contributed by atoms with van der Waals surface area (Å²) in [6, 6.07) is 17.9. The van der Waals surface area contributed by atoms with E-state index in [1.54, 1.807) is 61.7 Å². The average Bonchev–Trinajstić information content (AvgIpc) is 2.75. The molecule has 0 unspecified atom stereocenters. The summed E-state index contributed by atoms with van der Waals surface area (Å²) < 4.78 is 6.13. The third kappa shape index (κ3) is 5.32. The molecule has 2 aromatic carbocycles. The first-order valence-electron chi connectivity index (χ1n) is 9.25. The highest BCUT2D eigenvalue weighted by Crippen LogP contribution is 2.19. The summed E-state index contributed by atoms with van der Waals surface area (Å²) in [5.74, 6) is -1.08. The van der Waals surface area contributed by atoms with Gasteiger partial charge in [0.15, 0.2) is 0 Å². The molecule has 0 aliphatic carbocycles. The lowest BCUT2D eigenvalue weighted by Crippen LogP contribution is -2.44. The lowest BCUT2D eigenvalue weighted by atomic mass is 10.1. The highest BCUT2D eigenvalue weighted by atomic mass is 16.5. The average molecular weight is 407 g/mol. The van der Waals surface area contributed by atoms with Gasteiger partial charge in [-0.3, -0.25) is 9.59 Å². The number of aliphatic carboxylic acids is 1. The van der Waals surface area contributed by atoms with Crippen LogP contribution in [0.2, 0.25) is 0 Å². The molecule has 0 spiro atoms. The van der Waals surface area contributed by atoms with Gasteiger partial charge < -0.3 is 15.2 Å². The van der Waals surface area contributed by atoms with E-state index in [1.165, 1.54) is 6.07 Å². The summed E-state index contributed by atoms with van der Waals surface area (Å²) in [5.41, 5.74) is 1.57. The number of hydrogen-bond acceptors (Lipinski definition) is 5. The Morgan fingerprint density at radius 1 is 1.07 bits per heavy atom. The minimum Gasteiger partial charge on any atom is -0.497 e. The smallest absolute Gasteiger partial charge is 0.326 e. The third-order valence-electron chi connectivity index (χ3n) is 4.46. The number of nitrogens with one attached hydrogen (secondary N) is 1. The van der Waals surface area contributed by atoms with E-state index < -0.39 is 23.5 Å². The van der Waals surface area contributed by atoms with E-state index in [0.29, 0.717) is 11.4 Å². The fourth-order valence-electron chi connectivity index (χ4n) is 2.90. The Morgan fingerprint density at radius 2 is 1.77 bits per heavy atom. The standard InChI is InChI=1S/C22H21N3O5/c1-30-17-9-7-16(8-10-17)18-11-12-21(27)25(24-18)14-20(26)23-19(22(28)29)13-15-5-3-2-4-6-15/h2-12,19H,13-14H2,1H3,(H,23,26)(H,28,29)/t19-/m1/s1. The summed E-state index contributed by atoms with van der Waals surface area (Å²) in [4.78, 5) is 36.1. The lowest BCUT2D eigenvalue weighted by Gasteiger charge is -2.15. The van der Waals surface area contributed by atoms with Crippen molar-refractivity contribution in [1.29, 1.82) is 0 Å². The van der Waals surface area contributed by atoms with E-state index in [-0.39, 0.29) is 13.0 Å². The number of carbonyl (C=O) groups is 2. The van der Waals surface area contributed by atoms with Gasteiger partial charge in [-0.05, 0) is 35.9 Å². The summed E-state index contributed by atoms with van der Waals surface area (Å²) >= 11 is 0. The van der Waals surface area contributed by atoms with Gasteiger partial charge in [0, 0.05) is 18.1 Å². The van der Waals surface area contributed by atoms with Gasteiger partial charge in [0.05, 0.1) is 12.8 Å². The van der Waals surface area contributed by atoms with Crippen LogP contribution in [0.4, 0.5) is 0 Å². The van der Waals surface area contributed by atoms with Gasteiger partial charge in [-0.15, -0.1) is 0 Å². The van der Waals surface area contributed by atoms with E-state index in [0.717, 1.165) is 15.8 Å². The molecule has 0 radical (unpaired) electrons. The first kappa shape index (κ1) is 20.8. The summed E-state index contributed by atoms with van der Waals surface area (Å²) in [6.45, 7) is -0.388. The minimum atomic E-state index is -1.15. The van der Waals surface area contributed by atoms with Gasteiger partial charge in [0.25, 0.3) is 5.56 Å². The molecule has 154 valence electrons. The first-order valence-corrected chi connectivity index (χ1v) is 9.25. The Hall–Kier alpha value is -3.94. The van der Waals surface area contributed by atoms with Crippen molar-refractivity contribution in [3.63, 3.8) is 0 Å². The molecule has 8 heteroatoms. The maximum Gasteiger partial charge on any atom is 0.326 e. The van der Waals surface area contributed by atoms with Crippen LogP contribution in [0.25, 0.3) is 11.3 Å². The molecule has 0 aliphatic heterocycles. The van der Waals surface area contributed by atoms with Crippen molar-refractivity contribution in [3.05, 3.63) is 82.6 Å². The zero-order valence-corrected chi connectivity index (χ0v) is 16.3. The van der Waals surface area contributed by atoms with Crippen molar-refractivity contribution < 1.29 is 19.4 Å². The van der Waals surface area contributed by atoms with Crippen LogP contribution in [-0.4, -0.2) is 39.9 Å². The summed E-state index contributed by atoms with van der Waals surface area (Å²) in [6.07, 6.45) is 0.135. The predicted molar refractivity (Wildman–Crippen MR) is 110 cm³/mol. The zero-order valence-electron chi connectivity index (χ0n) is 16.3. The fraction of sp³-hybridized carbons (Fsp3) is 0.182. The topological polar surface area (TPSA) is 111 Å². The van der Waals surface area contributed by atoms with Crippen LogP contribution in [0.1, 0.15) is 5.56 Å². The molecule has 0 bridgehead atoms. The molecule has 3 aromatic rings. The maximum atomic E-state index is 12.4. The number of hydrogen-bond donors (Lipinski definition) is 2. The SMILES string of the molecule is COc1ccc(-c2ccc(=O)n(CC(=O)N[C@H](Cc3ccccc3)C(=O)O)n2)cc1. The Morgan fingerprint density at radius 3 is 2.40 bits per heavy atom. The van der Waals surface area contributed by atoms with E-state index in [4.69, 9.17) is 4.74 Å². The number of carbonyl (C=O) groups excluding carboxylic acids is 1. The van der Waals surface area contributed by atoms with Crippen LogP contribution in [0, 0.1) is 0 Å². The van der Waals surface area contributed by atoms with Crippen LogP contribution >= 0.6 is 0 Å². The molecule has 2 N–H and O–H groups in total. The molecular formula is C22H21N3O5. The van der Waals surface area contributed by atoms with Crippen LogP contribution in [-0.2, 0) is 22.6 Å². The lowest BCUT2D eigenvalue weighted by molar-refractivity contribution is -0.141. The molecule has 1 aromatic heterocycles. The molecule has 0 saturated heterocycles. The van der Waals surface area contributed by atoms with Crippen molar-refractivity contribution in [2.45, 2.75) is 19.0 Å². The number of ether oxygens (including phenoxy) is 1. The largest absolute Gasteiger partial charge is 0.497 e. The zero-order chi connectivity index (χ0) is 21.5. The van der Waals surface area contributed by atoms with Gasteiger partial charge in [0.1, 0.15) is 18.3 Å². The van der Waals surface area contributed by atoms with Crippen LogP contribution < -0.4 is 15.6 Å². The number of aromatic nitrogens is 2. The monoisotopic (exact) mass is 407 g/mol. The number of carboxylic acids is 1. The number of methoxy groups -OCH3 is 1. The van der Waals surface area contributed by atoms with Gasteiger partial charge >= 0.3 is 5.97 Å². The van der Waals surface area contributed by atoms with Crippen LogP contribution in [0.5, 0.6) is 5.75 Å². The highest BCUT2D eigenvalue weighted by Gasteiger charge is 2.21. The van der Waals surface area contributed by atoms with E-state index in [1.807, 2.05) is 6.07 Å². The molecule has 1 heterocycles. The van der Waals surface area contributed by atoms with E-state index >= 15 is 0 Å². The Bertz CT molecular complexity index is 1080. The van der Waals surface area contributed by atoms with Gasteiger partial charge in [-0.25, -0.2) is 9.48 Å². The molecule has 0 saturated carbocycles. The second-order valence-electron chi connectivity index (χ2n) is 6.59. The molecule has 8 nitrogen and oxygen atoms in total. The number of amides is 1. The number of benzene rings is 2. The normalized spacial score (nSPS) is 11.5. The van der Waals surface area contributed by atoms with Crippen molar-refractivity contribution in [3.8, 4) is 17.0 Å². The van der Waals surface area contributed by atoms with Crippen LogP contribution in [0.3, 0.4) is 0 Å². The molecule has 0 fully saturated rings. The number of rotatable bonds is 8. The maximum absolute atomic E-state index is 12.4. The molecule has 1 atom stereocenters. The second kappa shape index (κ2) is 9.51. The van der Waals surface area contributed by atoms with Crippen molar-refractivity contribution in [1.82, 2.24) is 15.1 Å². The summed E-state index contributed by atoms with van der Waals surface area (Å²) in [5, 5.41) is 16.1. The molecule has 0 aliphatic rings. The number of nitrogens with zero attached hydrogens (tertiary/aromatic N) is 2. The third-order valence-corrected chi connectivity index (χ3v) is 4.46. The Balaban J connectivity index is 1.73. The molecule has 1 amide bonds. The number of carboxylic acid groups (broad SMARTS) is 1. The first-order chi connectivity index (χ1) is 14.5. The fourth-order valence-corrected chi connectivity index (χ4v) is 2.90. The second-order valence-corrected chi connectivity index (χ2v) is 6.59. The van der Waals surface area contributed by atoms with Crippen molar-refractivity contribution in [2.24, 2.45) is 0 Å². The molecular weight excluding hydrogens is 386 g/mol. The Labute approximate surface area is 172 Å². The van der Waals surface area contributed by atoms with Gasteiger partial charge in [-0.1, -0.05) is 30.3 Å². The van der Waals surface area contributed by atoms with Crippen molar-refractivity contribution >= 4 is 11.9 Å². The Kier molecular flexibility index (Phi) is 6.59. The van der Waals surface area contributed by atoms with Gasteiger partial charge in [0.2, 0.25) is 5.91 Å². The van der Waals surface area contributed by atoms with E-state index in [2.05, 4.69) is 10.4 Å². The predicted octanol–water partition coefficient (Wildman–Crippen LogP) is 1.73. The molecule has 3 rings (SSSR count). The molecule has 30 heavy (non-hydrogen) atoms. The summed E-state index contributed by atoms with van der Waals surface area (Å²) in [7, 11) is 1.56.